The van der Waals surface area contributed by atoms with Gasteiger partial charge in [0, 0.05) is 49.9 Å². The van der Waals surface area contributed by atoms with Gasteiger partial charge in [-0.2, -0.15) is 4.39 Å². The molecule has 0 atom stereocenters. The van der Waals surface area contributed by atoms with Crippen LogP contribution in [0.3, 0.4) is 0 Å². The maximum absolute atomic E-state index is 13.6. The molecule has 0 radical (unpaired) electrons. The van der Waals surface area contributed by atoms with E-state index in [1.54, 1.807) is 13.3 Å². The van der Waals surface area contributed by atoms with E-state index in [4.69, 9.17) is 4.74 Å². The number of amides is 1. The van der Waals surface area contributed by atoms with Crippen LogP contribution in [-0.2, 0) is 31.2 Å². The van der Waals surface area contributed by atoms with Gasteiger partial charge in [-0.1, -0.05) is 11.3 Å². The molecule has 3 heterocycles. The Bertz CT molecular complexity index is 1040. The van der Waals surface area contributed by atoms with Crippen molar-refractivity contribution in [1.82, 2.24) is 19.7 Å². The van der Waals surface area contributed by atoms with Crippen LogP contribution in [-0.4, -0.2) is 57.4 Å². The fourth-order valence-corrected chi connectivity index (χ4v) is 5.59. The molecular formula is C24H32F3N5O2S. The second-order valence-electron chi connectivity index (χ2n) is 9.77. The first kappa shape index (κ1) is 25.8. The summed E-state index contributed by atoms with van der Waals surface area (Å²) in [6.45, 7) is 2.86. The van der Waals surface area contributed by atoms with E-state index in [1.165, 1.54) is 22.2 Å². The van der Waals surface area contributed by atoms with Gasteiger partial charge >= 0.3 is 0 Å². The van der Waals surface area contributed by atoms with Gasteiger partial charge in [-0.3, -0.25) is 14.4 Å². The first-order chi connectivity index (χ1) is 16.6. The van der Waals surface area contributed by atoms with Gasteiger partial charge in [0.1, 0.15) is 0 Å². The molecule has 1 amide bonds. The van der Waals surface area contributed by atoms with E-state index in [0.29, 0.717) is 11.1 Å². The number of hydrogen-bond acceptors (Lipinski definition) is 6. The van der Waals surface area contributed by atoms with Gasteiger partial charge in [-0.05, 0) is 56.9 Å². The van der Waals surface area contributed by atoms with Crippen LogP contribution in [0, 0.1) is 17.8 Å². The van der Waals surface area contributed by atoms with Crippen molar-refractivity contribution in [1.29, 1.82) is 0 Å². The van der Waals surface area contributed by atoms with Crippen LogP contribution < -0.4 is 4.74 Å². The third kappa shape index (κ3) is 7.60. The van der Waals surface area contributed by atoms with Crippen molar-refractivity contribution in [3.63, 3.8) is 0 Å². The quantitative estimate of drug-likeness (QED) is 0.466. The summed E-state index contributed by atoms with van der Waals surface area (Å²) in [6.07, 6.45) is 9.36. The Hall–Kier alpha value is -2.27. The molecule has 4 rings (SSSR count). The average Bonchev–Trinajstić information content (AvgIpc) is 3.36. The largest absolute Gasteiger partial charge is 0.464 e. The topological polar surface area (TPSA) is 72.6 Å². The Balaban J connectivity index is 1.16. The molecule has 1 aliphatic carbocycles. The molecule has 1 fully saturated rings. The zero-order valence-electron chi connectivity index (χ0n) is 20.2. The molecule has 0 saturated heterocycles. The number of hydrogen-bond donors (Lipinski definition) is 0. The molecule has 2 aromatic heterocycles. The van der Waals surface area contributed by atoms with Gasteiger partial charge in [-0.25, -0.2) is 18.8 Å². The minimum Gasteiger partial charge on any atom is -0.464 e. The number of nitrogens with zero attached hydrogens (tertiary/aromatic N) is 5. The Morgan fingerprint density at radius 1 is 1.34 bits per heavy atom. The number of fused-ring (bicyclic) bond motifs is 1. The fraction of sp³-hybridized carbons (Fsp3) is 0.667. The number of ether oxygens (including phenoxy) is 1. The van der Waals surface area contributed by atoms with Crippen LogP contribution in [0.5, 0.6) is 5.19 Å². The minimum atomic E-state index is -2.86. The van der Waals surface area contributed by atoms with Crippen LogP contribution >= 0.6 is 11.3 Å². The summed E-state index contributed by atoms with van der Waals surface area (Å²) in [5, 5.41) is 3.95. The highest BCUT2D eigenvalue weighted by Gasteiger charge is 2.26. The van der Waals surface area contributed by atoms with Crippen LogP contribution in [0.1, 0.15) is 55.2 Å². The van der Waals surface area contributed by atoms with Gasteiger partial charge < -0.3 is 4.74 Å². The summed E-state index contributed by atoms with van der Waals surface area (Å²) < 4.78 is 46.2. The molecule has 0 N–H and O–H groups in total. The first-order valence-electron chi connectivity index (χ1n) is 12.1. The number of aromatic nitrogens is 3. The first-order valence-corrected chi connectivity index (χ1v) is 12.9. The third-order valence-electron chi connectivity index (χ3n) is 6.61. The Morgan fingerprint density at radius 2 is 2.11 bits per heavy atom. The van der Waals surface area contributed by atoms with Crippen LogP contribution in [0.15, 0.2) is 11.2 Å². The van der Waals surface area contributed by atoms with Crippen molar-refractivity contribution < 1.29 is 22.7 Å². The molecule has 35 heavy (non-hydrogen) atoms. The van der Waals surface area contributed by atoms with Crippen LogP contribution in [0.2, 0.25) is 0 Å². The molecule has 0 bridgehead atoms. The highest BCUT2D eigenvalue weighted by molar-refractivity contribution is 7.13. The molecule has 0 unspecified atom stereocenters. The van der Waals surface area contributed by atoms with E-state index >= 15 is 0 Å². The summed E-state index contributed by atoms with van der Waals surface area (Å²) in [5.74, 6) is -2.90. The second kappa shape index (κ2) is 11.2. The lowest BCUT2D eigenvalue weighted by Gasteiger charge is -2.30. The normalized spacial score (nSPS) is 21.4. The van der Waals surface area contributed by atoms with Gasteiger partial charge in [-0.15, -0.1) is 5.10 Å². The van der Waals surface area contributed by atoms with E-state index in [-0.39, 0.29) is 23.8 Å². The molecule has 1 aliphatic heterocycles. The lowest BCUT2D eigenvalue weighted by Crippen LogP contribution is -2.32. The summed E-state index contributed by atoms with van der Waals surface area (Å²) in [4.78, 5) is 24.1. The summed E-state index contributed by atoms with van der Waals surface area (Å²) in [6, 6.07) is 0. The van der Waals surface area contributed by atoms with Gasteiger partial charge in [0.2, 0.25) is 11.9 Å². The lowest BCUT2D eigenvalue weighted by atomic mass is 9.81. The molecule has 1 saturated carbocycles. The monoisotopic (exact) mass is 511 g/mol. The van der Waals surface area contributed by atoms with Crippen LogP contribution in [0.25, 0.3) is 0 Å². The van der Waals surface area contributed by atoms with Gasteiger partial charge in [0.25, 0.3) is 11.1 Å². The maximum atomic E-state index is 13.6. The standard InChI is InChI=1S/C24H32F3N5O2S/c1-24(26,27)15-34-23-29-19-14-32(10-8-20(19)35-23)9-7-16-3-5-17(6-4-16)12-28-21(33)11-18-13-31(2)30-22(18)25/h12-13,16-17H,3-11,14-15H2,1-2H3. The average molecular weight is 512 g/mol. The molecule has 2 aromatic rings. The smallest absolute Gasteiger partial charge is 0.278 e. The zero-order chi connectivity index (χ0) is 25.0. The molecule has 192 valence electrons. The lowest BCUT2D eigenvalue weighted by molar-refractivity contribution is -0.117. The molecule has 0 spiro atoms. The van der Waals surface area contributed by atoms with Crippen molar-refractivity contribution in [3.05, 3.63) is 28.3 Å². The Morgan fingerprint density at radius 3 is 2.80 bits per heavy atom. The van der Waals surface area contributed by atoms with Gasteiger partial charge in [0.15, 0.2) is 6.61 Å². The number of carbonyl (C=O) groups excluding carboxylic acids is 1. The maximum Gasteiger partial charge on any atom is 0.278 e. The summed E-state index contributed by atoms with van der Waals surface area (Å²) in [5.41, 5.74) is 1.22. The SMILES string of the molecule is Cn1cc(CC(=O)N=CC2CCC(CCN3CCc4sc(OCC(C)(F)F)nc4C3)CC2)c(F)n1. The van der Waals surface area contributed by atoms with Crippen molar-refractivity contribution in [2.75, 3.05) is 19.7 Å². The summed E-state index contributed by atoms with van der Waals surface area (Å²) in [7, 11) is 1.62. The summed E-state index contributed by atoms with van der Waals surface area (Å²) >= 11 is 1.38. The second-order valence-corrected chi connectivity index (χ2v) is 10.8. The van der Waals surface area contributed by atoms with E-state index in [1.807, 2.05) is 0 Å². The predicted molar refractivity (Wildman–Crippen MR) is 128 cm³/mol. The molecule has 7 nitrogen and oxygen atoms in total. The van der Waals surface area contributed by atoms with Crippen molar-refractivity contribution in [3.8, 4) is 5.19 Å². The third-order valence-corrected chi connectivity index (χ3v) is 7.68. The highest BCUT2D eigenvalue weighted by atomic mass is 32.1. The van der Waals surface area contributed by atoms with E-state index in [2.05, 4.69) is 20.0 Å². The van der Waals surface area contributed by atoms with Gasteiger partial charge in [0.05, 0.1) is 12.1 Å². The predicted octanol–water partition coefficient (Wildman–Crippen LogP) is 4.44. The number of aliphatic imine (C=N–C) groups is 1. The minimum absolute atomic E-state index is 0.0687. The van der Waals surface area contributed by atoms with E-state index in [0.717, 1.165) is 75.7 Å². The molecule has 11 heteroatoms. The molecule has 2 aliphatic rings. The Kier molecular flexibility index (Phi) is 8.26. The zero-order valence-corrected chi connectivity index (χ0v) is 21.0. The van der Waals surface area contributed by atoms with Crippen molar-refractivity contribution in [2.24, 2.45) is 23.9 Å². The number of carbonyl (C=O) groups is 1. The van der Waals surface area contributed by atoms with E-state index in [9.17, 15) is 18.0 Å². The van der Waals surface area contributed by atoms with Crippen molar-refractivity contribution >= 4 is 23.5 Å². The Labute approximate surface area is 207 Å². The number of thiazole rings is 1. The van der Waals surface area contributed by atoms with Crippen LogP contribution in [0.4, 0.5) is 13.2 Å². The van der Waals surface area contributed by atoms with E-state index < -0.39 is 18.5 Å². The van der Waals surface area contributed by atoms with Crippen molar-refractivity contribution in [2.45, 2.75) is 64.3 Å². The highest BCUT2D eigenvalue weighted by Crippen LogP contribution is 2.33. The number of alkyl halides is 2. The number of rotatable bonds is 9. The number of halogens is 3. The number of aryl methyl sites for hydroxylation is 1. The molecule has 0 aromatic carbocycles. The fourth-order valence-electron chi connectivity index (χ4n) is 4.69. The molecular weight excluding hydrogens is 479 g/mol.